The van der Waals surface area contributed by atoms with Crippen LogP contribution in [0.1, 0.15) is 36.9 Å². The molecule has 1 fully saturated rings. The van der Waals surface area contributed by atoms with E-state index in [0.29, 0.717) is 0 Å². The smallest absolute Gasteiger partial charge is 0.306 e. The topological polar surface area (TPSA) is 29.1 Å². The molecule has 0 aromatic heterocycles. The SMILES string of the molecule is CNC(c1ccc(-c2ccc(C3(C(C)=O)CC3)cc2)cc1)C(F)(F)F. The molecule has 0 spiro atoms. The molecule has 25 heavy (non-hydrogen) atoms. The first-order valence-electron chi connectivity index (χ1n) is 8.24. The standard InChI is InChI=1S/C20H20F3NO/c1-13(25)19(11-12-19)17-9-7-15(8-10-17)14-3-5-16(6-4-14)18(24-2)20(21,22)23/h3-10,18,24H,11-12H2,1-2H3. The molecule has 3 rings (SSSR count). The fourth-order valence-electron chi connectivity index (χ4n) is 3.34. The second-order valence-electron chi connectivity index (χ2n) is 6.60. The van der Waals surface area contributed by atoms with Crippen molar-refractivity contribution in [3.8, 4) is 11.1 Å². The molecule has 0 heterocycles. The number of hydrogen-bond donors (Lipinski definition) is 1. The molecule has 0 radical (unpaired) electrons. The lowest BCUT2D eigenvalue weighted by molar-refractivity contribution is -0.156. The van der Waals surface area contributed by atoms with Crippen LogP contribution in [0.2, 0.25) is 0 Å². The van der Waals surface area contributed by atoms with Crippen molar-refractivity contribution in [3.63, 3.8) is 0 Å². The fourth-order valence-corrected chi connectivity index (χ4v) is 3.34. The van der Waals surface area contributed by atoms with Crippen LogP contribution in [-0.2, 0) is 10.2 Å². The number of hydrogen-bond acceptors (Lipinski definition) is 2. The van der Waals surface area contributed by atoms with Crippen molar-refractivity contribution in [3.05, 3.63) is 59.7 Å². The number of ketones is 1. The molecule has 1 aliphatic carbocycles. The van der Waals surface area contributed by atoms with Crippen LogP contribution in [0.3, 0.4) is 0 Å². The van der Waals surface area contributed by atoms with Gasteiger partial charge in [-0.05, 0) is 49.1 Å². The minimum atomic E-state index is -4.33. The van der Waals surface area contributed by atoms with Crippen molar-refractivity contribution < 1.29 is 18.0 Å². The van der Waals surface area contributed by atoms with Crippen LogP contribution in [0.4, 0.5) is 13.2 Å². The Balaban J connectivity index is 1.82. The molecular formula is C20H20F3NO. The highest BCUT2D eigenvalue weighted by Gasteiger charge is 2.48. The molecule has 1 N–H and O–H groups in total. The molecule has 1 saturated carbocycles. The summed E-state index contributed by atoms with van der Waals surface area (Å²) in [5.74, 6) is 0.190. The predicted molar refractivity (Wildman–Crippen MR) is 91.3 cm³/mol. The lowest BCUT2D eigenvalue weighted by Crippen LogP contribution is -2.31. The van der Waals surface area contributed by atoms with E-state index in [-0.39, 0.29) is 16.8 Å². The summed E-state index contributed by atoms with van der Waals surface area (Å²) in [6.45, 7) is 1.62. The van der Waals surface area contributed by atoms with E-state index in [1.807, 2.05) is 24.3 Å². The van der Waals surface area contributed by atoms with Gasteiger partial charge < -0.3 is 5.32 Å². The Morgan fingerprint density at radius 1 is 1.00 bits per heavy atom. The zero-order chi connectivity index (χ0) is 18.2. The van der Waals surface area contributed by atoms with E-state index in [1.54, 1.807) is 19.1 Å². The first-order chi connectivity index (χ1) is 11.8. The molecule has 0 aliphatic heterocycles. The van der Waals surface area contributed by atoms with Gasteiger partial charge in [0.25, 0.3) is 0 Å². The summed E-state index contributed by atoms with van der Waals surface area (Å²) in [5.41, 5.74) is 2.66. The number of carbonyl (C=O) groups is 1. The van der Waals surface area contributed by atoms with Crippen LogP contribution in [0.5, 0.6) is 0 Å². The maximum absolute atomic E-state index is 13.0. The molecule has 1 atom stereocenters. The van der Waals surface area contributed by atoms with Gasteiger partial charge in [0.2, 0.25) is 0 Å². The zero-order valence-electron chi connectivity index (χ0n) is 14.2. The van der Waals surface area contributed by atoms with E-state index in [4.69, 9.17) is 0 Å². The van der Waals surface area contributed by atoms with Crippen molar-refractivity contribution in [1.82, 2.24) is 5.32 Å². The quantitative estimate of drug-likeness (QED) is 0.842. The fraction of sp³-hybridized carbons (Fsp3) is 0.350. The highest BCUT2D eigenvalue weighted by Crippen LogP contribution is 2.49. The van der Waals surface area contributed by atoms with Crippen molar-refractivity contribution in [2.45, 2.75) is 37.4 Å². The van der Waals surface area contributed by atoms with Crippen LogP contribution in [0.15, 0.2) is 48.5 Å². The monoisotopic (exact) mass is 347 g/mol. The van der Waals surface area contributed by atoms with E-state index in [1.165, 1.54) is 19.2 Å². The van der Waals surface area contributed by atoms with Gasteiger partial charge in [-0.3, -0.25) is 4.79 Å². The summed E-state index contributed by atoms with van der Waals surface area (Å²) < 4.78 is 38.9. The minimum absolute atomic E-state index is 0.184. The van der Waals surface area contributed by atoms with E-state index in [9.17, 15) is 18.0 Å². The van der Waals surface area contributed by atoms with Gasteiger partial charge in [0.05, 0.1) is 5.41 Å². The maximum Gasteiger partial charge on any atom is 0.407 e. The Hall–Kier alpha value is -2.14. The third-order valence-corrected chi connectivity index (χ3v) is 5.05. The summed E-state index contributed by atoms with van der Waals surface area (Å²) in [5, 5.41) is 2.30. The highest BCUT2D eigenvalue weighted by atomic mass is 19.4. The van der Waals surface area contributed by atoms with Crippen molar-refractivity contribution in [2.24, 2.45) is 0 Å². The third-order valence-electron chi connectivity index (χ3n) is 5.05. The van der Waals surface area contributed by atoms with Crippen molar-refractivity contribution in [1.29, 1.82) is 0 Å². The molecule has 1 unspecified atom stereocenters. The van der Waals surface area contributed by atoms with E-state index in [0.717, 1.165) is 29.5 Å². The number of alkyl halides is 3. The largest absolute Gasteiger partial charge is 0.407 e. The zero-order valence-corrected chi connectivity index (χ0v) is 14.2. The number of halogens is 3. The van der Waals surface area contributed by atoms with Crippen LogP contribution in [-0.4, -0.2) is 19.0 Å². The summed E-state index contributed by atoms with van der Waals surface area (Å²) in [4.78, 5) is 11.8. The Labute approximate surface area is 145 Å². The van der Waals surface area contributed by atoms with Crippen molar-refractivity contribution in [2.75, 3.05) is 7.05 Å². The molecule has 0 amide bonds. The molecular weight excluding hydrogens is 327 g/mol. The Morgan fingerprint density at radius 2 is 1.48 bits per heavy atom. The first kappa shape index (κ1) is 17.7. The van der Waals surface area contributed by atoms with Gasteiger partial charge in [0.15, 0.2) is 0 Å². The van der Waals surface area contributed by atoms with E-state index < -0.39 is 12.2 Å². The summed E-state index contributed by atoms with van der Waals surface area (Å²) in [6.07, 6.45) is -2.55. The van der Waals surface area contributed by atoms with Gasteiger partial charge in [-0.25, -0.2) is 0 Å². The molecule has 1 aliphatic rings. The Kier molecular flexibility index (Phi) is 4.45. The summed E-state index contributed by atoms with van der Waals surface area (Å²) in [6, 6.07) is 12.4. The molecule has 5 heteroatoms. The lowest BCUT2D eigenvalue weighted by Gasteiger charge is -2.20. The highest BCUT2D eigenvalue weighted by molar-refractivity contribution is 5.91. The number of carbonyl (C=O) groups excluding carboxylic acids is 1. The third kappa shape index (κ3) is 3.33. The van der Waals surface area contributed by atoms with Gasteiger partial charge in [-0.15, -0.1) is 0 Å². The van der Waals surface area contributed by atoms with E-state index >= 15 is 0 Å². The molecule has 0 saturated heterocycles. The van der Waals surface area contributed by atoms with E-state index in [2.05, 4.69) is 5.32 Å². The second kappa shape index (κ2) is 6.30. The molecule has 2 aromatic rings. The Morgan fingerprint density at radius 3 is 1.84 bits per heavy atom. The number of Topliss-reactive ketones (excluding diaryl/α,β-unsaturated/α-hetero) is 1. The number of benzene rings is 2. The van der Waals surface area contributed by atoms with Crippen LogP contribution >= 0.6 is 0 Å². The molecule has 0 bridgehead atoms. The molecule has 2 nitrogen and oxygen atoms in total. The van der Waals surface area contributed by atoms with Gasteiger partial charge >= 0.3 is 6.18 Å². The normalized spacial score (nSPS) is 17.2. The van der Waals surface area contributed by atoms with Gasteiger partial charge in [-0.1, -0.05) is 48.5 Å². The summed E-state index contributed by atoms with van der Waals surface area (Å²) in [7, 11) is 1.30. The van der Waals surface area contributed by atoms with Crippen LogP contribution in [0.25, 0.3) is 11.1 Å². The maximum atomic E-state index is 13.0. The lowest BCUT2D eigenvalue weighted by atomic mass is 9.90. The number of rotatable bonds is 5. The Bertz CT molecular complexity index is 759. The average Bonchev–Trinajstić information content (AvgIpc) is 3.37. The predicted octanol–water partition coefficient (Wildman–Crippen LogP) is 4.80. The van der Waals surface area contributed by atoms with Gasteiger partial charge in [0.1, 0.15) is 11.8 Å². The summed E-state index contributed by atoms with van der Waals surface area (Å²) >= 11 is 0. The van der Waals surface area contributed by atoms with Crippen LogP contribution in [0, 0.1) is 0 Å². The van der Waals surface area contributed by atoms with Crippen molar-refractivity contribution >= 4 is 5.78 Å². The molecule has 132 valence electrons. The minimum Gasteiger partial charge on any atom is -0.306 e. The van der Waals surface area contributed by atoms with Crippen LogP contribution < -0.4 is 5.32 Å². The first-order valence-corrected chi connectivity index (χ1v) is 8.24. The second-order valence-corrected chi connectivity index (χ2v) is 6.60. The van der Waals surface area contributed by atoms with Gasteiger partial charge in [-0.2, -0.15) is 13.2 Å². The average molecular weight is 347 g/mol. The van der Waals surface area contributed by atoms with Gasteiger partial charge in [0, 0.05) is 0 Å². The number of nitrogens with one attached hydrogen (secondary N) is 1. The molecule has 2 aromatic carbocycles.